The molecule has 0 bridgehead atoms. The first kappa shape index (κ1) is 13.9. The predicted octanol–water partition coefficient (Wildman–Crippen LogP) is 2.56. The zero-order chi connectivity index (χ0) is 13.0. The van der Waals surface area contributed by atoms with Gasteiger partial charge in [-0.25, -0.2) is 0 Å². The summed E-state index contributed by atoms with van der Waals surface area (Å²) in [6.07, 6.45) is 8.72. The summed E-state index contributed by atoms with van der Waals surface area (Å²) in [5, 5.41) is 3.50. The highest BCUT2D eigenvalue weighted by molar-refractivity contribution is 5.79. The van der Waals surface area contributed by atoms with Crippen LogP contribution in [0.4, 0.5) is 0 Å². The fourth-order valence-corrected chi connectivity index (χ4v) is 3.47. The Balaban J connectivity index is 1.91. The van der Waals surface area contributed by atoms with E-state index in [2.05, 4.69) is 24.1 Å². The van der Waals surface area contributed by atoms with Gasteiger partial charge in [0, 0.05) is 31.1 Å². The summed E-state index contributed by atoms with van der Waals surface area (Å²) in [4.78, 5) is 14.7. The Bertz CT molecular complexity index is 262. The van der Waals surface area contributed by atoms with E-state index in [-0.39, 0.29) is 0 Å². The van der Waals surface area contributed by atoms with Gasteiger partial charge in [0.1, 0.15) is 0 Å². The normalized spacial score (nSPS) is 31.8. The summed E-state index contributed by atoms with van der Waals surface area (Å²) in [5.74, 6) is 0.736. The summed E-state index contributed by atoms with van der Waals surface area (Å²) >= 11 is 0. The second-order valence-electron chi connectivity index (χ2n) is 6.25. The van der Waals surface area contributed by atoms with E-state index < -0.39 is 0 Å². The molecule has 1 heterocycles. The molecule has 1 amide bonds. The van der Waals surface area contributed by atoms with E-state index in [4.69, 9.17) is 0 Å². The Kier molecular flexibility index (Phi) is 5.04. The molecule has 18 heavy (non-hydrogen) atoms. The van der Waals surface area contributed by atoms with Gasteiger partial charge in [-0.15, -0.1) is 0 Å². The van der Waals surface area contributed by atoms with Crippen LogP contribution in [-0.4, -0.2) is 36.0 Å². The number of hydrogen-bond donors (Lipinski definition) is 1. The molecule has 1 aliphatic carbocycles. The standard InChI is InChI=1S/C15H28N2O/c1-12-10-17(11-13(2)16-12)15(18)14-8-6-4-3-5-7-9-14/h12-14,16H,3-11H2,1-2H3. The minimum absolute atomic E-state index is 0.308. The molecule has 104 valence electrons. The monoisotopic (exact) mass is 252 g/mol. The number of amides is 1. The van der Waals surface area contributed by atoms with Crippen LogP contribution >= 0.6 is 0 Å². The smallest absolute Gasteiger partial charge is 0.225 e. The Labute approximate surface area is 111 Å². The van der Waals surface area contributed by atoms with Gasteiger partial charge in [-0.1, -0.05) is 32.1 Å². The molecule has 0 aromatic rings. The number of carbonyl (C=O) groups excluding carboxylic acids is 1. The maximum Gasteiger partial charge on any atom is 0.225 e. The zero-order valence-corrected chi connectivity index (χ0v) is 12.0. The predicted molar refractivity (Wildman–Crippen MR) is 74.4 cm³/mol. The van der Waals surface area contributed by atoms with Gasteiger partial charge in [0.2, 0.25) is 5.91 Å². The Morgan fingerprint density at radius 3 is 2.00 bits per heavy atom. The van der Waals surface area contributed by atoms with E-state index in [1.165, 1.54) is 32.1 Å². The average molecular weight is 252 g/mol. The van der Waals surface area contributed by atoms with Gasteiger partial charge in [0.25, 0.3) is 0 Å². The van der Waals surface area contributed by atoms with Gasteiger partial charge in [-0.3, -0.25) is 4.79 Å². The van der Waals surface area contributed by atoms with Crippen LogP contribution in [0.3, 0.4) is 0 Å². The van der Waals surface area contributed by atoms with E-state index in [0.717, 1.165) is 25.9 Å². The van der Waals surface area contributed by atoms with Gasteiger partial charge in [0.15, 0.2) is 0 Å². The van der Waals surface area contributed by atoms with Crippen molar-refractivity contribution in [2.45, 2.75) is 70.9 Å². The van der Waals surface area contributed by atoms with Crippen LogP contribution in [0, 0.1) is 5.92 Å². The summed E-state index contributed by atoms with van der Waals surface area (Å²) in [7, 11) is 0. The quantitative estimate of drug-likeness (QED) is 0.778. The highest BCUT2D eigenvalue weighted by atomic mass is 16.2. The molecule has 2 unspecified atom stereocenters. The van der Waals surface area contributed by atoms with Crippen molar-refractivity contribution in [3.8, 4) is 0 Å². The van der Waals surface area contributed by atoms with Crippen LogP contribution < -0.4 is 5.32 Å². The molecule has 0 aromatic heterocycles. The first-order chi connectivity index (χ1) is 8.66. The number of rotatable bonds is 1. The van der Waals surface area contributed by atoms with Crippen LogP contribution in [0.5, 0.6) is 0 Å². The summed E-state index contributed by atoms with van der Waals surface area (Å²) in [6.45, 7) is 6.13. The van der Waals surface area contributed by atoms with Gasteiger partial charge < -0.3 is 10.2 Å². The summed E-state index contributed by atoms with van der Waals surface area (Å²) in [5.41, 5.74) is 0. The van der Waals surface area contributed by atoms with Gasteiger partial charge in [-0.2, -0.15) is 0 Å². The first-order valence-corrected chi connectivity index (χ1v) is 7.71. The Hall–Kier alpha value is -0.570. The molecular formula is C15H28N2O. The molecule has 2 atom stereocenters. The van der Waals surface area contributed by atoms with Crippen LogP contribution in [0.1, 0.15) is 58.8 Å². The van der Waals surface area contributed by atoms with Gasteiger partial charge in [-0.05, 0) is 26.7 Å². The van der Waals surface area contributed by atoms with Crippen molar-refractivity contribution in [1.29, 1.82) is 0 Å². The highest BCUT2D eigenvalue weighted by Crippen LogP contribution is 2.24. The molecule has 0 spiro atoms. The maximum absolute atomic E-state index is 12.6. The van der Waals surface area contributed by atoms with Crippen molar-refractivity contribution < 1.29 is 4.79 Å². The summed E-state index contributed by atoms with van der Waals surface area (Å²) in [6, 6.07) is 0.873. The fourth-order valence-electron chi connectivity index (χ4n) is 3.47. The molecule has 1 aliphatic heterocycles. The molecular weight excluding hydrogens is 224 g/mol. The molecule has 0 radical (unpaired) electrons. The molecule has 1 N–H and O–H groups in total. The first-order valence-electron chi connectivity index (χ1n) is 7.71. The van der Waals surface area contributed by atoms with Crippen molar-refractivity contribution in [3.05, 3.63) is 0 Å². The van der Waals surface area contributed by atoms with Crippen molar-refractivity contribution in [1.82, 2.24) is 10.2 Å². The van der Waals surface area contributed by atoms with E-state index in [1.54, 1.807) is 0 Å². The van der Waals surface area contributed by atoms with Crippen LogP contribution in [-0.2, 0) is 4.79 Å². The Morgan fingerprint density at radius 2 is 1.44 bits per heavy atom. The van der Waals surface area contributed by atoms with Crippen molar-refractivity contribution >= 4 is 5.91 Å². The van der Waals surface area contributed by atoms with Crippen molar-refractivity contribution in [3.63, 3.8) is 0 Å². The van der Waals surface area contributed by atoms with Gasteiger partial charge >= 0.3 is 0 Å². The molecule has 1 saturated carbocycles. The lowest BCUT2D eigenvalue weighted by Gasteiger charge is -2.38. The third-order valence-corrected chi connectivity index (χ3v) is 4.32. The number of carbonyl (C=O) groups is 1. The number of piperazine rings is 1. The fraction of sp³-hybridized carbons (Fsp3) is 0.933. The van der Waals surface area contributed by atoms with E-state index in [9.17, 15) is 4.79 Å². The number of hydrogen-bond acceptors (Lipinski definition) is 2. The zero-order valence-electron chi connectivity index (χ0n) is 12.0. The molecule has 2 rings (SSSR count). The topological polar surface area (TPSA) is 32.3 Å². The third-order valence-electron chi connectivity index (χ3n) is 4.32. The minimum Gasteiger partial charge on any atom is -0.339 e. The second-order valence-corrected chi connectivity index (χ2v) is 6.25. The van der Waals surface area contributed by atoms with Crippen molar-refractivity contribution in [2.24, 2.45) is 5.92 Å². The van der Waals surface area contributed by atoms with Crippen molar-refractivity contribution in [2.75, 3.05) is 13.1 Å². The van der Waals surface area contributed by atoms with E-state index in [1.807, 2.05) is 0 Å². The molecule has 2 aliphatic rings. The van der Waals surface area contributed by atoms with Gasteiger partial charge in [0.05, 0.1) is 0 Å². The largest absolute Gasteiger partial charge is 0.339 e. The van der Waals surface area contributed by atoms with Crippen LogP contribution in [0.2, 0.25) is 0 Å². The molecule has 3 heteroatoms. The second kappa shape index (κ2) is 6.55. The summed E-state index contributed by atoms with van der Waals surface area (Å²) < 4.78 is 0. The highest BCUT2D eigenvalue weighted by Gasteiger charge is 2.29. The van der Waals surface area contributed by atoms with Crippen LogP contribution in [0.25, 0.3) is 0 Å². The van der Waals surface area contributed by atoms with E-state index >= 15 is 0 Å². The lowest BCUT2D eigenvalue weighted by molar-refractivity contribution is -0.138. The lowest BCUT2D eigenvalue weighted by Crippen LogP contribution is -2.56. The maximum atomic E-state index is 12.6. The third kappa shape index (κ3) is 3.71. The Morgan fingerprint density at radius 1 is 0.944 bits per heavy atom. The number of nitrogens with one attached hydrogen (secondary N) is 1. The molecule has 3 nitrogen and oxygen atoms in total. The molecule has 1 saturated heterocycles. The molecule has 0 aromatic carbocycles. The van der Waals surface area contributed by atoms with E-state index in [0.29, 0.717) is 23.9 Å². The van der Waals surface area contributed by atoms with Crippen LogP contribution in [0.15, 0.2) is 0 Å². The SMILES string of the molecule is CC1CN(C(=O)C2CCCCCCC2)CC(C)N1. The minimum atomic E-state index is 0.308. The molecule has 2 fully saturated rings. The number of nitrogens with zero attached hydrogens (tertiary/aromatic N) is 1. The average Bonchev–Trinajstić information content (AvgIpc) is 2.26. The lowest BCUT2D eigenvalue weighted by atomic mass is 9.89.